The minimum Gasteiger partial charge on any atom is -0.495 e. The zero-order chi connectivity index (χ0) is 20.6. The Morgan fingerprint density at radius 2 is 1.69 bits per heavy atom. The van der Waals surface area contributed by atoms with E-state index in [1.807, 2.05) is 66.4 Å². The van der Waals surface area contributed by atoms with E-state index in [0.717, 1.165) is 30.1 Å². The van der Waals surface area contributed by atoms with E-state index in [-0.39, 0.29) is 12.5 Å². The number of ether oxygens (including phenoxy) is 3. The standard InChI is InChI=1S/C23H28N2O4/c1-4-7-18-10-11-21(22(16-18)28-3)29-17-23(26)25-14-12-24(13-15-25)19-8-5-6-9-20(19)27-2/h4-11,16H,12-15,17H2,1-3H3/b7-4+. The molecule has 1 saturated heterocycles. The smallest absolute Gasteiger partial charge is 0.260 e. The molecule has 1 heterocycles. The van der Waals surface area contributed by atoms with Gasteiger partial charge in [-0.05, 0) is 36.8 Å². The lowest BCUT2D eigenvalue weighted by Crippen LogP contribution is -2.50. The maximum absolute atomic E-state index is 12.6. The molecule has 1 fully saturated rings. The van der Waals surface area contributed by atoms with Gasteiger partial charge in [-0.1, -0.05) is 30.4 Å². The summed E-state index contributed by atoms with van der Waals surface area (Å²) in [5.74, 6) is 2.02. The fourth-order valence-electron chi connectivity index (χ4n) is 3.42. The van der Waals surface area contributed by atoms with Gasteiger partial charge in [0.1, 0.15) is 5.75 Å². The number of carbonyl (C=O) groups is 1. The van der Waals surface area contributed by atoms with Crippen molar-refractivity contribution in [3.8, 4) is 17.2 Å². The molecule has 3 rings (SSSR count). The number of carbonyl (C=O) groups excluding carboxylic acids is 1. The minimum absolute atomic E-state index is 0.00597. The average Bonchev–Trinajstić information content (AvgIpc) is 2.78. The van der Waals surface area contributed by atoms with E-state index < -0.39 is 0 Å². The van der Waals surface area contributed by atoms with Gasteiger partial charge >= 0.3 is 0 Å². The van der Waals surface area contributed by atoms with Crippen LogP contribution in [0.15, 0.2) is 48.5 Å². The highest BCUT2D eigenvalue weighted by Gasteiger charge is 2.23. The number of amides is 1. The fourth-order valence-corrected chi connectivity index (χ4v) is 3.42. The van der Waals surface area contributed by atoms with Crippen LogP contribution in [0.5, 0.6) is 17.2 Å². The maximum atomic E-state index is 12.6. The number of benzene rings is 2. The van der Waals surface area contributed by atoms with Crippen molar-refractivity contribution >= 4 is 17.7 Å². The van der Waals surface area contributed by atoms with Crippen LogP contribution in [-0.2, 0) is 4.79 Å². The van der Waals surface area contributed by atoms with Crippen LogP contribution in [0, 0.1) is 0 Å². The molecular formula is C23H28N2O4. The summed E-state index contributed by atoms with van der Waals surface area (Å²) in [5, 5.41) is 0. The lowest BCUT2D eigenvalue weighted by Gasteiger charge is -2.36. The number of para-hydroxylation sites is 2. The van der Waals surface area contributed by atoms with Gasteiger partial charge in [-0.25, -0.2) is 0 Å². The topological polar surface area (TPSA) is 51.2 Å². The number of hydrogen-bond donors (Lipinski definition) is 0. The molecule has 154 valence electrons. The summed E-state index contributed by atoms with van der Waals surface area (Å²) >= 11 is 0. The number of methoxy groups -OCH3 is 2. The third-order valence-electron chi connectivity index (χ3n) is 4.96. The lowest BCUT2D eigenvalue weighted by atomic mass is 10.2. The molecule has 2 aromatic carbocycles. The molecule has 1 aliphatic heterocycles. The van der Waals surface area contributed by atoms with Crippen LogP contribution >= 0.6 is 0 Å². The molecule has 0 unspecified atom stereocenters. The van der Waals surface area contributed by atoms with Gasteiger partial charge in [0.2, 0.25) is 0 Å². The third-order valence-corrected chi connectivity index (χ3v) is 4.96. The van der Waals surface area contributed by atoms with Gasteiger partial charge in [0.15, 0.2) is 18.1 Å². The van der Waals surface area contributed by atoms with Gasteiger partial charge in [-0.15, -0.1) is 0 Å². The highest BCUT2D eigenvalue weighted by molar-refractivity contribution is 5.78. The van der Waals surface area contributed by atoms with E-state index in [2.05, 4.69) is 4.90 Å². The Balaban J connectivity index is 1.55. The number of rotatable bonds is 7. The first-order chi connectivity index (χ1) is 14.2. The Bertz CT molecular complexity index is 858. The van der Waals surface area contributed by atoms with E-state index in [4.69, 9.17) is 14.2 Å². The van der Waals surface area contributed by atoms with Crippen LogP contribution in [0.1, 0.15) is 12.5 Å². The normalized spacial score (nSPS) is 14.2. The Hall–Kier alpha value is -3.15. The Labute approximate surface area is 172 Å². The van der Waals surface area contributed by atoms with Crippen molar-refractivity contribution in [1.82, 2.24) is 4.90 Å². The Morgan fingerprint density at radius 3 is 2.38 bits per heavy atom. The molecule has 0 spiro atoms. The average molecular weight is 396 g/mol. The largest absolute Gasteiger partial charge is 0.495 e. The molecule has 6 nitrogen and oxygen atoms in total. The summed E-state index contributed by atoms with van der Waals surface area (Å²) in [6.45, 7) is 4.77. The predicted octanol–water partition coefficient (Wildman–Crippen LogP) is 3.46. The fraction of sp³-hybridized carbons (Fsp3) is 0.348. The molecule has 0 N–H and O–H groups in total. The second-order valence-corrected chi connectivity index (χ2v) is 6.74. The molecule has 1 amide bonds. The van der Waals surface area contributed by atoms with Gasteiger partial charge in [-0.3, -0.25) is 4.79 Å². The summed E-state index contributed by atoms with van der Waals surface area (Å²) < 4.78 is 16.6. The van der Waals surface area contributed by atoms with Crippen molar-refractivity contribution in [2.75, 3.05) is 51.9 Å². The molecule has 0 atom stereocenters. The van der Waals surface area contributed by atoms with Gasteiger partial charge in [0.05, 0.1) is 19.9 Å². The summed E-state index contributed by atoms with van der Waals surface area (Å²) in [6, 6.07) is 13.6. The summed E-state index contributed by atoms with van der Waals surface area (Å²) in [4.78, 5) is 16.7. The van der Waals surface area contributed by atoms with Crippen molar-refractivity contribution in [3.63, 3.8) is 0 Å². The monoisotopic (exact) mass is 396 g/mol. The molecule has 0 aliphatic carbocycles. The SMILES string of the molecule is C/C=C/c1ccc(OCC(=O)N2CCN(c3ccccc3OC)CC2)c(OC)c1. The second-order valence-electron chi connectivity index (χ2n) is 6.74. The van der Waals surface area contributed by atoms with Gasteiger partial charge in [-0.2, -0.15) is 0 Å². The molecule has 2 aromatic rings. The molecule has 0 bridgehead atoms. The number of piperazine rings is 1. The Morgan fingerprint density at radius 1 is 0.966 bits per heavy atom. The predicted molar refractivity (Wildman–Crippen MR) is 115 cm³/mol. The van der Waals surface area contributed by atoms with Crippen LogP contribution < -0.4 is 19.1 Å². The Kier molecular flexibility index (Phi) is 7.00. The van der Waals surface area contributed by atoms with E-state index in [9.17, 15) is 4.79 Å². The quantitative estimate of drug-likeness (QED) is 0.717. The van der Waals surface area contributed by atoms with Crippen LogP contribution in [0.2, 0.25) is 0 Å². The molecule has 0 radical (unpaired) electrons. The van der Waals surface area contributed by atoms with E-state index >= 15 is 0 Å². The van der Waals surface area contributed by atoms with Crippen LogP contribution in [-0.4, -0.2) is 57.8 Å². The number of allylic oxidation sites excluding steroid dienone is 1. The van der Waals surface area contributed by atoms with Crippen molar-refractivity contribution < 1.29 is 19.0 Å². The number of nitrogens with zero attached hydrogens (tertiary/aromatic N) is 2. The molecule has 0 aromatic heterocycles. The minimum atomic E-state index is -0.0238. The van der Waals surface area contributed by atoms with E-state index in [1.54, 1.807) is 14.2 Å². The zero-order valence-electron chi connectivity index (χ0n) is 17.3. The number of hydrogen-bond acceptors (Lipinski definition) is 5. The molecule has 29 heavy (non-hydrogen) atoms. The maximum Gasteiger partial charge on any atom is 0.260 e. The first-order valence-corrected chi connectivity index (χ1v) is 9.75. The van der Waals surface area contributed by atoms with E-state index in [1.165, 1.54) is 0 Å². The van der Waals surface area contributed by atoms with Crippen molar-refractivity contribution in [1.29, 1.82) is 0 Å². The summed E-state index contributed by atoms with van der Waals surface area (Å²) in [5.41, 5.74) is 2.08. The first kappa shape index (κ1) is 20.6. The van der Waals surface area contributed by atoms with Gasteiger partial charge in [0.25, 0.3) is 5.91 Å². The molecule has 0 saturated carbocycles. The third kappa shape index (κ3) is 5.02. The van der Waals surface area contributed by atoms with Crippen LogP contribution in [0.4, 0.5) is 5.69 Å². The van der Waals surface area contributed by atoms with Crippen LogP contribution in [0.25, 0.3) is 6.08 Å². The first-order valence-electron chi connectivity index (χ1n) is 9.75. The van der Waals surface area contributed by atoms with Crippen molar-refractivity contribution in [3.05, 3.63) is 54.1 Å². The van der Waals surface area contributed by atoms with Crippen molar-refractivity contribution in [2.45, 2.75) is 6.92 Å². The van der Waals surface area contributed by atoms with E-state index in [0.29, 0.717) is 24.6 Å². The lowest BCUT2D eigenvalue weighted by molar-refractivity contribution is -0.133. The number of anilines is 1. The highest BCUT2D eigenvalue weighted by atomic mass is 16.5. The second kappa shape index (κ2) is 9.87. The molecule has 6 heteroatoms. The van der Waals surface area contributed by atoms with Gasteiger partial charge in [0, 0.05) is 26.2 Å². The van der Waals surface area contributed by atoms with Gasteiger partial charge < -0.3 is 24.0 Å². The van der Waals surface area contributed by atoms with Crippen LogP contribution in [0.3, 0.4) is 0 Å². The highest BCUT2D eigenvalue weighted by Crippen LogP contribution is 2.30. The van der Waals surface area contributed by atoms with Crippen molar-refractivity contribution in [2.24, 2.45) is 0 Å². The summed E-state index contributed by atoms with van der Waals surface area (Å²) in [6.07, 6.45) is 3.95. The molecule has 1 aliphatic rings. The summed E-state index contributed by atoms with van der Waals surface area (Å²) in [7, 11) is 3.27. The zero-order valence-corrected chi connectivity index (χ0v) is 17.3. The molecular weight excluding hydrogens is 368 g/mol.